The summed E-state index contributed by atoms with van der Waals surface area (Å²) in [7, 11) is 0. The molecular formula is C25H22N2O5. The van der Waals surface area contributed by atoms with Crippen molar-refractivity contribution in [2.75, 3.05) is 13.2 Å². The summed E-state index contributed by atoms with van der Waals surface area (Å²) >= 11 is 0. The van der Waals surface area contributed by atoms with Crippen molar-refractivity contribution in [3.63, 3.8) is 0 Å². The summed E-state index contributed by atoms with van der Waals surface area (Å²) in [5.41, 5.74) is 1.84. The first-order chi connectivity index (χ1) is 15.6. The first-order valence-corrected chi connectivity index (χ1v) is 10.2. The highest BCUT2D eigenvalue weighted by Crippen LogP contribution is 2.20. The smallest absolute Gasteiger partial charge is 0.342 e. The van der Waals surface area contributed by atoms with Gasteiger partial charge in [-0.15, -0.1) is 0 Å². The first kappa shape index (κ1) is 21.1. The average molecular weight is 430 g/mol. The van der Waals surface area contributed by atoms with Crippen LogP contribution in [0.15, 0.2) is 83.8 Å². The lowest BCUT2D eigenvalue weighted by atomic mass is 10.2. The normalized spacial score (nSPS) is 10.7. The van der Waals surface area contributed by atoms with Gasteiger partial charge in [-0.25, -0.2) is 9.78 Å². The molecule has 7 nitrogen and oxygen atoms in total. The Balaban J connectivity index is 1.39. The van der Waals surface area contributed by atoms with Crippen molar-refractivity contribution < 1.29 is 19.0 Å². The van der Waals surface area contributed by atoms with Crippen LogP contribution in [0.1, 0.15) is 21.6 Å². The highest BCUT2D eigenvalue weighted by molar-refractivity contribution is 5.92. The van der Waals surface area contributed by atoms with Gasteiger partial charge in [-0.2, -0.15) is 0 Å². The Bertz CT molecular complexity index is 1280. The number of esters is 1. The molecule has 0 radical (unpaired) electrons. The highest BCUT2D eigenvalue weighted by atomic mass is 16.5. The number of nitrogens with zero attached hydrogens (tertiary/aromatic N) is 2. The van der Waals surface area contributed by atoms with E-state index >= 15 is 0 Å². The Labute approximate surface area is 184 Å². The van der Waals surface area contributed by atoms with Crippen molar-refractivity contribution in [1.82, 2.24) is 9.38 Å². The van der Waals surface area contributed by atoms with Gasteiger partial charge in [0, 0.05) is 12.3 Å². The van der Waals surface area contributed by atoms with E-state index in [1.165, 1.54) is 10.5 Å². The zero-order valence-electron chi connectivity index (χ0n) is 17.6. The molecule has 7 heteroatoms. The van der Waals surface area contributed by atoms with Crippen LogP contribution in [0.2, 0.25) is 0 Å². The zero-order chi connectivity index (χ0) is 22.3. The summed E-state index contributed by atoms with van der Waals surface area (Å²) in [5.74, 6) is 0.589. The lowest BCUT2D eigenvalue weighted by Crippen LogP contribution is -2.17. The molecule has 0 spiro atoms. The Morgan fingerprint density at radius 2 is 1.69 bits per heavy atom. The fraction of sp³-hybridized carbons (Fsp3) is 0.160. The number of para-hydroxylation sites is 2. The number of fused-ring (bicyclic) bond motifs is 1. The molecule has 0 atom stereocenters. The van der Waals surface area contributed by atoms with E-state index in [2.05, 4.69) is 4.98 Å². The third-order valence-electron chi connectivity index (χ3n) is 4.75. The van der Waals surface area contributed by atoms with Crippen LogP contribution in [0.25, 0.3) is 5.65 Å². The van der Waals surface area contributed by atoms with E-state index in [1.807, 2.05) is 43.3 Å². The molecule has 0 saturated heterocycles. The molecule has 0 N–H and O–H groups in total. The van der Waals surface area contributed by atoms with Crippen molar-refractivity contribution in [2.24, 2.45) is 0 Å². The molecule has 0 aliphatic heterocycles. The van der Waals surface area contributed by atoms with Crippen molar-refractivity contribution in [2.45, 2.75) is 13.5 Å². The Kier molecular flexibility index (Phi) is 6.46. The quantitative estimate of drug-likeness (QED) is 0.312. The van der Waals surface area contributed by atoms with E-state index in [1.54, 1.807) is 36.5 Å². The predicted molar refractivity (Wildman–Crippen MR) is 119 cm³/mol. The third-order valence-corrected chi connectivity index (χ3v) is 4.75. The topological polar surface area (TPSA) is 79.1 Å². The number of hydrogen-bond donors (Lipinski definition) is 0. The van der Waals surface area contributed by atoms with E-state index in [0.29, 0.717) is 29.3 Å². The van der Waals surface area contributed by atoms with Gasteiger partial charge in [0.15, 0.2) is 0 Å². The Morgan fingerprint density at radius 1 is 0.938 bits per heavy atom. The highest BCUT2D eigenvalue weighted by Gasteiger charge is 2.15. The van der Waals surface area contributed by atoms with Crippen LogP contribution in [0.4, 0.5) is 0 Å². The second kappa shape index (κ2) is 9.78. The lowest BCUT2D eigenvalue weighted by molar-refractivity contribution is 0.0462. The maximum Gasteiger partial charge on any atom is 0.342 e. The molecule has 4 rings (SSSR count). The van der Waals surface area contributed by atoms with Crippen molar-refractivity contribution in [1.29, 1.82) is 0 Å². The van der Waals surface area contributed by atoms with E-state index in [9.17, 15) is 9.59 Å². The molecular weight excluding hydrogens is 408 g/mol. The molecule has 0 aliphatic carbocycles. The number of aryl methyl sites for hydroxylation is 1. The Hall–Kier alpha value is -4.13. The van der Waals surface area contributed by atoms with Crippen LogP contribution < -0.4 is 15.0 Å². The minimum atomic E-state index is -0.559. The van der Waals surface area contributed by atoms with Gasteiger partial charge in [-0.05, 0) is 42.8 Å². The molecule has 2 aromatic carbocycles. The van der Waals surface area contributed by atoms with Crippen LogP contribution in [-0.2, 0) is 11.3 Å². The van der Waals surface area contributed by atoms with Gasteiger partial charge in [0.1, 0.15) is 42.5 Å². The fourth-order valence-corrected chi connectivity index (χ4v) is 3.19. The molecule has 32 heavy (non-hydrogen) atoms. The van der Waals surface area contributed by atoms with E-state index in [-0.39, 0.29) is 18.8 Å². The SMILES string of the molecule is Cc1cccn2c(=O)cc(COC(=O)c3ccccc3OCCOc3ccccc3)nc12. The molecule has 0 amide bonds. The number of ether oxygens (including phenoxy) is 3. The third kappa shape index (κ3) is 4.95. The number of rotatable bonds is 8. The van der Waals surface area contributed by atoms with Gasteiger partial charge >= 0.3 is 5.97 Å². The zero-order valence-corrected chi connectivity index (χ0v) is 17.6. The van der Waals surface area contributed by atoms with Gasteiger partial charge in [0.05, 0.1) is 5.69 Å². The average Bonchev–Trinajstić information content (AvgIpc) is 2.82. The lowest BCUT2D eigenvalue weighted by Gasteiger charge is -2.12. The van der Waals surface area contributed by atoms with Crippen LogP contribution in [0, 0.1) is 6.92 Å². The van der Waals surface area contributed by atoms with Crippen LogP contribution in [-0.4, -0.2) is 28.6 Å². The number of hydrogen-bond acceptors (Lipinski definition) is 6. The Morgan fingerprint density at radius 3 is 2.53 bits per heavy atom. The molecule has 0 saturated carbocycles. The van der Waals surface area contributed by atoms with Gasteiger partial charge in [0.25, 0.3) is 5.56 Å². The van der Waals surface area contributed by atoms with Gasteiger partial charge in [-0.3, -0.25) is 9.20 Å². The predicted octanol–water partition coefficient (Wildman–Crippen LogP) is 3.82. The first-order valence-electron chi connectivity index (χ1n) is 10.2. The van der Waals surface area contributed by atoms with Crippen molar-refractivity contribution in [3.8, 4) is 11.5 Å². The fourth-order valence-electron chi connectivity index (χ4n) is 3.19. The molecule has 2 heterocycles. The van der Waals surface area contributed by atoms with Crippen LogP contribution >= 0.6 is 0 Å². The standard InChI is InChI=1S/C25H22N2O5/c1-18-8-7-13-27-23(28)16-19(26-24(18)27)17-32-25(29)21-11-5-6-12-22(21)31-15-14-30-20-9-3-2-4-10-20/h2-13,16H,14-15,17H2,1H3. The number of pyridine rings is 1. The molecule has 2 aromatic heterocycles. The van der Waals surface area contributed by atoms with Gasteiger partial charge in [-0.1, -0.05) is 36.4 Å². The summed E-state index contributed by atoms with van der Waals surface area (Å²) in [6.07, 6.45) is 1.66. The monoisotopic (exact) mass is 430 g/mol. The largest absolute Gasteiger partial charge is 0.490 e. The maximum atomic E-state index is 12.7. The summed E-state index contributed by atoms with van der Waals surface area (Å²) in [6, 6.07) is 21.3. The number of benzene rings is 2. The van der Waals surface area contributed by atoms with Crippen molar-refractivity contribution >= 4 is 11.6 Å². The summed E-state index contributed by atoms with van der Waals surface area (Å²) < 4.78 is 18.2. The summed E-state index contributed by atoms with van der Waals surface area (Å²) in [6.45, 7) is 2.34. The molecule has 4 aromatic rings. The van der Waals surface area contributed by atoms with E-state index < -0.39 is 5.97 Å². The van der Waals surface area contributed by atoms with Crippen LogP contribution in [0.5, 0.6) is 11.5 Å². The second-order valence-corrected chi connectivity index (χ2v) is 7.05. The molecule has 0 bridgehead atoms. The van der Waals surface area contributed by atoms with Crippen LogP contribution in [0.3, 0.4) is 0 Å². The minimum absolute atomic E-state index is 0.121. The number of carbonyl (C=O) groups excluding carboxylic acids is 1. The van der Waals surface area contributed by atoms with Crippen molar-refractivity contribution in [3.05, 3.63) is 106 Å². The molecule has 0 unspecified atom stereocenters. The molecule has 0 fully saturated rings. The number of carbonyl (C=O) groups is 1. The summed E-state index contributed by atoms with van der Waals surface area (Å²) in [5, 5.41) is 0. The molecule has 162 valence electrons. The van der Waals surface area contributed by atoms with E-state index in [0.717, 1.165) is 11.3 Å². The second-order valence-electron chi connectivity index (χ2n) is 7.05. The molecule has 0 aliphatic rings. The summed E-state index contributed by atoms with van der Waals surface area (Å²) in [4.78, 5) is 29.4. The van der Waals surface area contributed by atoms with E-state index in [4.69, 9.17) is 14.2 Å². The van der Waals surface area contributed by atoms with Gasteiger partial charge in [0.2, 0.25) is 0 Å². The maximum absolute atomic E-state index is 12.7. The number of aromatic nitrogens is 2. The van der Waals surface area contributed by atoms with Gasteiger partial charge < -0.3 is 14.2 Å². The minimum Gasteiger partial charge on any atom is -0.490 e.